The fraction of sp³-hybridized carbons (Fsp3) is 0.200. The number of ether oxygens (including phenoxy) is 2. The molecule has 1 aromatic heterocycles. The van der Waals surface area contributed by atoms with Crippen LogP contribution in [0, 0.1) is 0 Å². The van der Waals surface area contributed by atoms with Gasteiger partial charge in [0.05, 0.1) is 6.42 Å². The highest BCUT2D eigenvalue weighted by atomic mass is 16.7. The van der Waals surface area contributed by atoms with E-state index < -0.39 is 30.3 Å². The van der Waals surface area contributed by atoms with Gasteiger partial charge in [-0.1, -0.05) is 5.16 Å². The zero-order chi connectivity index (χ0) is 18.0. The summed E-state index contributed by atoms with van der Waals surface area (Å²) >= 11 is 0. The number of carbonyl (C=O) groups excluding carboxylic acids is 1. The molecule has 10 heteroatoms. The van der Waals surface area contributed by atoms with E-state index in [1.807, 2.05) is 0 Å². The maximum Gasteiger partial charge on any atom is 0.326 e. The molecule has 3 N–H and O–H groups in total. The Morgan fingerprint density at radius 2 is 1.96 bits per heavy atom. The Kier molecular flexibility index (Phi) is 4.25. The van der Waals surface area contributed by atoms with Crippen molar-refractivity contribution in [1.29, 1.82) is 0 Å². The molecule has 0 saturated carbocycles. The summed E-state index contributed by atoms with van der Waals surface area (Å²) in [7, 11) is 0. The number of benzene rings is 1. The molecule has 0 unspecified atom stereocenters. The van der Waals surface area contributed by atoms with Gasteiger partial charge in [0.15, 0.2) is 11.5 Å². The first-order valence-corrected chi connectivity index (χ1v) is 7.05. The number of nitrogens with zero attached hydrogens (tertiary/aromatic N) is 1. The van der Waals surface area contributed by atoms with E-state index in [0.717, 1.165) is 6.26 Å². The molecule has 2 aromatic rings. The summed E-state index contributed by atoms with van der Waals surface area (Å²) in [5.74, 6) is -2.61. The zero-order valence-corrected chi connectivity index (χ0v) is 12.6. The number of aromatic nitrogens is 1. The third kappa shape index (κ3) is 3.37. The van der Waals surface area contributed by atoms with Gasteiger partial charge in [-0.2, -0.15) is 0 Å². The van der Waals surface area contributed by atoms with Crippen molar-refractivity contribution >= 4 is 17.8 Å². The smallest absolute Gasteiger partial charge is 0.326 e. The molecule has 3 rings (SSSR count). The molecule has 1 atom stereocenters. The van der Waals surface area contributed by atoms with E-state index in [4.69, 9.17) is 24.2 Å². The lowest BCUT2D eigenvalue weighted by Gasteiger charge is -2.12. The van der Waals surface area contributed by atoms with Crippen LogP contribution in [-0.4, -0.2) is 46.1 Å². The fourth-order valence-electron chi connectivity index (χ4n) is 2.26. The second-order valence-electron chi connectivity index (χ2n) is 5.11. The molecule has 0 spiro atoms. The fourth-order valence-corrected chi connectivity index (χ4v) is 2.26. The molecule has 1 amide bonds. The van der Waals surface area contributed by atoms with Crippen molar-refractivity contribution in [2.24, 2.45) is 0 Å². The third-order valence-corrected chi connectivity index (χ3v) is 3.44. The standard InChI is InChI=1S/C15H12N2O8/c18-12(19)4-9(15(21)22)16-14(20)8-5-25-17-13(8)7-1-2-10-11(3-7)24-6-23-10/h1-3,5,9H,4,6H2,(H,16,20)(H,18,19)(H,21,22)/t9-/m0/s1. The summed E-state index contributed by atoms with van der Waals surface area (Å²) in [4.78, 5) is 34.1. The van der Waals surface area contributed by atoms with Crippen LogP contribution in [0.5, 0.6) is 11.5 Å². The van der Waals surface area contributed by atoms with Crippen molar-refractivity contribution in [1.82, 2.24) is 10.5 Å². The van der Waals surface area contributed by atoms with Crippen LogP contribution in [0.2, 0.25) is 0 Å². The van der Waals surface area contributed by atoms with Gasteiger partial charge < -0.3 is 29.5 Å². The number of carboxylic acid groups (broad SMARTS) is 2. The van der Waals surface area contributed by atoms with Crippen LogP contribution in [0.15, 0.2) is 29.0 Å². The van der Waals surface area contributed by atoms with E-state index in [1.165, 1.54) is 0 Å². The van der Waals surface area contributed by atoms with Gasteiger partial charge in [-0.25, -0.2) is 4.79 Å². The van der Waals surface area contributed by atoms with Crippen LogP contribution in [0.3, 0.4) is 0 Å². The van der Waals surface area contributed by atoms with Gasteiger partial charge in [-0.3, -0.25) is 9.59 Å². The minimum absolute atomic E-state index is 0.0319. The van der Waals surface area contributed by atoms with Crippen LogP contribution in [-0.2, 0) is 9.59 Å². The lowest BCUT2D eigenvalue weighted by atomic mass is 10.1. The molecule has 1 aromatic carbocycles. The van der Waals surface area contributed by atoms with Gasteiger partial charge in [0.2, 0.25) is 6.79 Å². The number of carboxylic acids is 2. The molecule has 0 radical (unpaired) electrons. The topological polar surface area (TPSA) is 148 Å². The van der Waals surface area contributed by atoms with Crippen molar-refractivity contribution < 1.29 is 38.6 Å². The average molecular weight is 348 g/mol. The number of fused-ring (bicyclic) bond motifs is 1. The Balaban J connectivity index is 1.84. The largest absolute Gasteiger partial charge is 0.481 e. The van der Waals surface area contributed by atoms with Crippen LogP contribution >= 0.6 is 0 Å². The van der Waals surface area contributed by atoms with E-state index in [1.54, 1.807) is 18.2 Å². The van der Waals surface area contributed by atoms with Crippen molar-refractivity contribution in [2.45, 2.75) is 12.5 Å². The second kappa shape index (κ2) is 6.51. The first-order valence-electron chi connectivity index (χ1n) is 7.05. The van der Waals surface area contributed by atoms with E-state index in [2.05, 4.69) is 10.5 Å². The Labute approximate surface area is 139 Å². The van der Waals surface area contributed by atoms with E-state index >= 15 is 0 Å². The number of hydrogen-bond donors (Lipinski definition) is 3. The Morgan fingerprint density at radius 3 is 2.68 bits per heavy atom. The maximum absolute atomic E-state index is 12.3. The van der Waals surface area contributed by atoms with E-state index in [-0.39, 0.29) is 18.1 Å². The lowest BCUT2D eigenvalue weighted by molar-refractivity contribution is -0.145. The predicted molar refractivity (Wildman–Crippen MR) is 79.2 cm³/mol. The average Bonchev–Trinajstić information content (AvgIpc) is 3.21. The highest BCUT2D eigenvalue weighted by Gasteiger charge is 2.27. The van der Waals surface area contributed by atoms with E-state index in [9.17, 15) is 14.4 Å². The first-order chi connectivity index (χ1) is 12.0. The molecule has 130 valence electrons. The third-order valence-electron chi connectivity index (χ3n) is 3.44. The number of nitrogens with one attached hydrogen (secondary N) is 1. The highest BCUT2D eigenvalue weighted by Crippen LogP contribution is 2.36. The Hall–Kier alpha value is -3.56. The molecule has 0 aliphatic carbocycles. The number of rotatable bonds is 6. The maximum atomic E-state index is 12.3. The number of carbonyl (C=O) groups is 3. The van der Waals surface area contributed by atoms with Gasteiger partial charge in [-0.15, -0.1) is 0 Å². The SMILES string of the molecule is O=C(O)C[C@H](NC(=O)c1conc1-c1ccc2c(c1)OCO2)C(=O)O. The van der Waals surface area contributed by atoms with Gasteiger partial charge >= 0.3 is 11.9 Å². The van der Waals surface area contributed by atoms with Crippen molar-refractivity contribution in [2.75, 3.05) is 6.79 Å². The molecule has 0 fully saturated rings. The lowest BCUT2D eigenvalue weighted by Crippen LogP contribution is -2.42. The molecular formula is C15H12N2O8. The molecule has 1 aliphatic heterocycles. The van der Waals surface area contributed by atoms with Gasteiger partial charge in [0.25, 0.3) is 5.91 Å². The van der Waals surface area contributed by atoms with Crippen molar-refractivity contribution in [3.05, 3.63) is 30.0 Å². The quantitative estimate of drug-likeness (QED) is 0.686. The zero-order valence-electron chi connectivity index (χ0n) is 12.6. The second-order valence-corrected chi connectivity index (χ2v) is 5.11. The Morgan fingerprint density at radius 1 is 1.20 bits per heavy atom. The molecule has 0 bridgehead atoms. The normalized spacial score (nSPS) is 13.3. The van der Waals surface area contributed by atoms with Crippen molar-refractivity contribution in [3.8, 4) is 22.8 Å². The summed E-state index contributed by atoms with van der Waals surface area (Å²) in [6.45, 7) is 0.0838. The van der Waals surface area contributed by atoms with Crippen molar-refractivity contribution in [3.63, 3.8) is 0 Å². The summed E-state index contributed by atoms with van der Waals surface area (Å²) in [6.07, 6.45) is 0.292. The Bertz CT molecular complexity index is 844. The molecule has 1 aliphatic rings. The minimum Gasteiger partial charge on any atom is -0.481 e. The summed E-state index contributed by atoms with van der Waals surface area (Å²) in [5.41, 5.74) is 0.624. The molecule has 2 heterocycles. The monoisotopic (exact) mass is 348 g/mol. The number of amides is 1. The minimum atomic E-state index is -1.58. The van der Waals surface area contributed by atoms with Crippen LogP contribution in [0.1, 0.15) is 16.8 Å². The summed E-state index contributed by atoms with van der Waals surface area (Å²) < 4.78 is 15.3. The molecular weight excluding hydrogens is 336 g/mol. The predicted octanol–water partition coefficient (Wildman–Crippen LogP) is 0.728. The molecule has 0 saturated heterocycles. The molecule has 25 heavy (non-hydrogen) atoms. The summed E-state index contributed by atoms with van der Waals surface area (Å²) in [5, 5.41) is 23.6. The van der Waals surface area contributed by atoms with Crippen LogP contribution < -0.4 is 14.8 Å². The van der Waals surface area contributed by atoms with Gasteiger partial charge in [-0.05, 0) is 18.2 Å². The molecule has 10 nitrogen and oxygen atoms in total. The number of hydrogen-bond acceptors (Lipinski definition) is 7. The van der Waals surface area contributed by atoms with Gasteiger partial charge in [0, 0.05) is 5.56 Å². The van der Waals surface area contributed by atoms with Gasteiger partial charge in [0.1, 0.15) is 23.6 Å². The van der Waals surface area contributed by atoms with Crippen LogP contribution in [0.25, 0.3) is 11.3 Å². The van der Waals surface area contributed by atoms with Crippen LogP contribution in [0.4, 0.5) is 0 Å². The van der Waals surface area contributed by atoms with E-state index in [0.29, 0.717) is 17.1 Å². The highest BCUT2D eigenvalue weighted by molar-refractivity contribution is 6.01. The first kappa shape index (κ1) is 16.3. The summed E-state index contributed by atoms with van der Waals surface area (Å²) in [6, 6.07) is 3.29. The number of aliphatic carboxylic acids is 2.